The molecule has 0 bridgehead atoms. The lowest BCUT2D eigenvalue weighted by atomic mass is 10.0. The van der Waals surface area contributed by atoms with Crippen LogP contribution in [-0.2, 0) is 17.5 Å². The molecule has 0 fully saturated rings. The van der Waals surface area contributed by atoms with Crippen molar-refractivity contribution in [2.75, 3.05) is 19.4 Å². The zero-order valence-corrected chi connectivity index (χ0v) is 21.0. The van der Waals surface area contributed by atoms with Crippen LogP contribution in [0.25, 0.3) is 0 Å². The van der Waals surface area contributed by atoms with Crippen LogP contribution < -0.4 is 10.6 Å². The number of rotatable bonds is 6. The number of anilines is 1. The summed E-state index contributed by atoms with van der Waals surface area (Å²) in [5.41, 5.74) is -2.00. The first-order valence-electron chi connectivity index (χ1n) is 11.2. The Kier molecular flexibility index (Phi) is 7.46. The Bertz CT molecular complexity index is 1520. The van der Waals surface area contributed by atoms with Crippen LogP contribution in [0.2, 0.25) is 5.02 Å². The number of ketones is 1. The van der Waals surface area contributed by atoms with Crippen LogP contribution in [0.15, 0.2) is 48.7 Å². The van der Waals surface area contributed by atoms with E-state index >= 15 is 0 Å². The number of benzene rings is 2. The second-order valence-electron chi connectivity index (χ2n) is 8.75. The largest absolute Gasteiger partial charge is 0.416 e. The highest BCUT2D eigenvalue weighted by molar-refractivity contribution is 6.31. The third-order valence-corrected chi connectivity index (χ3v) is 5.96. The van der Waals surface area contributed by atoms with Gasteiger partial charge in [-0.15, -0.1) is 0 Å². The predicted octanol–water partition coefficient (Wildman–Crippen LogP) is 4.56. The second-order valence-corrected chi connectivity index (χ2v) is 9.15. The molecule has 1 unspecified atom stereocenters. The van der Waals surface area contributed by atoms with Gasteiger partial charge >= 0.3 is 6.18 Å². The lowest BCUT2D eigenvalue weighted by Crippen LogP contribution is -2.40. The van der Waals surface area contributed by atoms with Crippen LogP contribution in [0.3, 0.4) is 0 Å². The molecule has 0 saturated carbocycles. The van der Waals surface area contributed by atoms with Gasteiger partial charge < -0.3 is 20.1 Å². The molecular formula is C25H19ClF5N5O3. The van der Waals surface area contributed by atoms with Crippen LogP contribution in [0.1, 0.15) is 43.8 Å². The molecule has 8 nitrogen and oxygen atoms in total. The SMILES string of the molecule is CN(C)C=CC(=O)c1nc(NC(=O)c2cc(F)cc(C(F)(F)F)c2)c2n1CC(=O)NC2c1cc(F)ccc1Cl. The Hall–Kier alpha value is -4.26. The van der Waals surface area contributed by atoms with Gasteiger partial charge in [-0.1, -0.05) is 11.6 Å². The first-order chi connectivity index (χ1) is 18.2. The van der Waals surface area contributed by atoms with E-state index in [4.69, 9.17) is 11.6 Å². The average molecular weight is 568 g/mol. The second kappa shape index (κ2) is 10.5. The third-order valence-electron chi connectivity index (χ3n) is 5.62. The van der Waals surface area contributed by atoms with Gasteiger partial charge in [0.25, 0.3) is 5.91 Å². The number of carbonyl (C=O) groups is 3. The fourth-order valence-electron chi connectivity index (χ4n) is 3.93. The number of allylic oxidation sites excluding steroid dienone is 1. The molecule has 39 heavy (non-hydrogen) atoms. The molecule has 0 aliphatic carbocycles. The zero-order chi connectivity index (χ0) is 28.6. The number of aromatic nitrogens is 2. The number of hydrogen-bond acceptors (Lipinski definition) is 5. The number of fused-ring (bicyclic) bond motifs is 1. The van der Waals surface area contributed by atoms with E-state index in [1.165, 1.54) is 16.8 Å². The normalized spacial score (nSPS) is 15.2. The minimum absolute atomic E-state index is 0.00417. The molecule has 1 aliphatic heterocycles. The van der Waals surface area contributed by atoms with Crippen LogP contribution in [-0.4, -0.2) is 46.1 Å². The molecule has 1 aliphatic rings. The molecule has 0 radical (unpaired) electrons. The smallest absolute Gasteiger partial charge is 0.383 e. The van der Waals surface area contributed by atoms with Crippen LogP contribution in [0.4, 0.5) is 27.8 Å². The number of carbonyl (C=O) groups excluding carboxylic acids is 3. The molecule has 0 spiro atoms. The summed E-state index contributed by atoms with van der Waals surface area (Å²) in [7, 11) is 3.31. The van der Waals surface area contributed by atoms with Crippen molar-refractivity contribution < 1.29 is 36.3 Å². The predicted molar refractivity (Wildman–Crippen MR) is 130 cm³/mol. The number of imidazole rings is 1. The number of nitrogens with one attached hydrogen (secondary N) is 2. The van der Waals surface area contributed by atoms with Crippen LogP contribution in [0, 0.1) is 11.6 Å². The number of nitrogens with zero attached hydrogens (tertiary/aromatic N) is 3. The van der Waals surface area contributed by atoms with Gasteiger partial charge in [0, 0.05) is 42.5 Å². The Morgan fingerprint density at radius 2 is 1.87 bits per heavy atom. The average Bonchev–Trinajstić information content (AvgIpc) is 3.20. The van der Waals surface area contributed by atoms with Gasteiger partial charge in [0.2, 0.25) is 11.7 Å². The highest BCUT2D eigenvalue weighted by Crippen LogP contribution is 2.36. The van der Waals surface area contributed by atoms with Gasteiger partial charge in [-0.2, -0.15) is 13.2 Å². The number of hydrogen-bond donors (Lipinski definition) is 2. The summed E-state index contributed by atoms with van der Waals surface area (Å²) in [6, 6.07) is 3.44. The van der Waals surface area contributed by atoms with Crippen molar-refractivity contribution in [2.45, 2.75) is 18.8 Å². The standard InChI is InChI=1S/C25H19ClF5N5O3/c1-35(2)6-5-18(37)23-33-22(34-24(39)12-7-13(25(29,30)31)9-15(28)8-12)21-20(32-19(38)11-36(21)23)16-10-14(27)3-4-17(16)26/h3-10,20H,11H2,1-2H3,(H,32,38)(H,34,39). The summed E-state index contributed by atoms with van der Waals surface area (Å²) in [5, 5.41) is 4.94. The van der Waals surface area contributed by atoms with Gasteiger partial charge in [-0.3, -0.25) is 14.4 Å². The van der Waals surface area contributed by atoms with E-state index in [0.717, 1.165) is 18.2 Å². The molecule has 4 rings (SSSR count). The Morgan fingerprint density at radius 3 is 2.54 bits per heavy atom. The van der Waals surface area contributed by atoms with E-state index in [-0.39, 0.29) is 34.0 Å². The summed E-state index contributed by atoms with van der Waals surface area (Å²) < 4.78 is 68.8. The van der Waals surface area contributed by atoms with E-state index < -0.39 is 59.1 Å². The van der Waals surface area contributed by atoms with Crippen molar-refractivity contribution in [2.24, 2.45) is 0 Å². The van der Waals surface area contributed by atoms with Crippen molar-refractivity contribution in [3.05, 3.63) is 93.5 Å². The first-order valence-corrected chi connectivity index (χ1v) is 11.5. The lowest BCUT2D eigenvalue weighted by molar-refractivity contribution is -0.137. The summed E-state index contributed by atoms with van der Waals surface area (Å²) in [5.74, 6) is -5.06. The molecule has 2 heterocycles. The van der Waals surface area contributed by atoms with E-state index in [1.807, 2.05) is 0 Å². The molecule has 1 aromatic heterocycles. The zero-order valence-electron chi connectivity index (χ0n) is 20.2. The van der Waals surface area contributed by atoms with Gasteiger partial charge in [0.05, 0.1) is 17.3 Å². The van der Waals surface area contributed by atoms with E-state index in [2.05, 4.69) is 15.6 Å². The molecule has 2 amide bonds. The topological polar surface area (TPSA) is 96.3 Å². The molecule has 2 N–H and O–H groups in total. The molecule has 1 atom stereocenters. The first kappa shape index (κ1) is 27.8. The monoisotopic (exact) mass is 567 g/mol. The van der Waals surface area contributed by atoms with Crippen LogP contribution in [0.5, 0.6) is 0 Å². The van der Waals surface area contributed by atoms with Crippen molar-refractivity contribution in [1.82, 2.24) is 19.8 Å². The molecule has 14 heteroatoms. The molecule has 204 valence electrons. The maximum absolute atomic E-state index is 14.1. The van der Waals surface area contributed by atoms with Crippen LogP contribution >= 0.6 is 11.6 Å². The van der Waals surface area contributed by atoms with Crippen molar-refractivity contribution in [3.63, 3.8) is 0 Å². The van der Waals surface area contributed by atoms with Gasteiger partial charge in [-0.25, -0.2) is 13.8 Å². The van der Waals surface area contributed by atoms with E-state index in [9.17, 15) is 36.3 Å². The van der Waals surface area contributed by atoms with Gasteiger partial charge in [0.15, 0.2) is 11.6 Å². The van der Waals surface area contributed by atoms with Crippen molar-refractivity contribution in [3.8, 4) is 0 Å². The maximum atomic E-state index is 14.1. The third kappa shape index (κ3) is 5.93. The fraction of sp³-hybridized carbons (Fsp3) is 0.200. The van der Waals surface area contributed by atoms with Gasteiger partial charge in [-0.05, 0) is 36.4 Å². The van der Waals surface area contributed by atoms with E-state index in [0.29, 0.717) is 12.1 Å². The highest BCUT2D eigenvalue weighted by Gasteiger charge is 2.36. The van der Waals surface area contributed by atoms with E-state index in [1.54, 1.807) is 19.0 Å². The quantitative estimate of drug-likeness (QED) is 0.259. The molecule has 0 saturated heterocycles. The fourth-order valence-corrected chi connectivity index (χ4v) is 4.16. The lowest BCUT2D eigenvalue weighted by Gasteiger charge is -2.28. The minimum Gasteiger partial charge on any atom is -0.383 e. The maximum Gasteiger partial charge on any atom is 0.416 e. The summed E-state index contributed by atoms with van der Waals surface area (Å²) in [6.45, 7) is -0.420. The summed E-state index contributed by atoms with van der Waals surface area (Å²) in [4.78, 5) is 44.3. The molecular weight excluding hydrogens is 549 g/mol. The highest BCUT2D eigenvalue weighted by atomic mass is 35.5. The minimum atomic E-state index is -4.92. The number of amides is 2. The summed E-state index contributed by atoms with van der Waals surface area (Å²) >= 11 is 6.26. The van der Waals surface area contributed by atoms with Crippen molar-refractivity contribution in [1.29, 1.82) is 0 Å². The molecule has 3 aromatic rings. The Labute approximate surface area is 223 Å². The molecule has 2 aromatic carbocycles. The number of alkyl halides is 3. The summed E-state index contributed by atoms with van der Waals surface area (Å²) in [6.07, 6.45) is -2.36. The number of halogens is 6. The van der Waals surface area contributed by atoms with Gasteiger partial charge in [0.1, 0.15) is 18.2 Å². The Balaban J connectivity index is 1.86. The van der Waals surface area contributed by atoms with Crippen molar-refractivity contribution >= 4 is 35.0 Å². The Morgan fingerprint density at radius 1 is 1.15 bits per heavy atom.